The third-order valence-corrected chi connectivity index (χ3v) is 8.48. The average Bonchev–Trinajstić information content (AvgIpc) is 2.75. The van der Waals surface area contributed by atoms with Crippen LogP contribution in [0.25, 0.3) is 11.0 Å². The van der Waals surface area contributed by atoms with E-state index in [0.717, 1.165) is 22.1 Å². The molecule has 0 bridgehead atoms. The molecule has 1 N–H and O–H groups in total. The molecule has 1 aromatic heterocycles. The molecule has 2 heterocycles. The Morgan fingerprint density at radius 3 is 2.38 bits per heavy atom. The van der Waals surface area contributed by atoms with Gasteiger partial charge in [-0.1, -0.05) is 37.6 Å². The normalized spacial score (nSPS) is 16.2. The lowest BCUT2D eigenvalue weighted by Crippen LogP contribution is -3.13. The summed E-state index contributed by atoms with van der Waals surface area (Å²) in [5, 5.41) is 1.45. The topological polar surface area (TPSA) is 72.0 Å². The van der Waals surface area contributed by atoms with Gasteiger partial charge < -0.3 is 9.32 Å². The van der Waals surface area contributed by atoms with Gasteiger partial charge in [0.1, 0.15) is 12.1 Å². The molecule has 0 spiro atoms. The van der Waals surface area contributed by atoms with Gasteiger partial charge in [-0.15, -0.1) is 0 Å². The fraction of sp³-hybridized carbons (Fsp3) is 0.375. The van der Waals surface area contributed by atoms with Gasteiger partial charge in [0, 0.05) is 22.0 Å². The summed E-state index contributed by atoms with van der Waals surface area (Å²) in [6.07, 6.45) is 0. The van der Waals surface area contributed by atoms with Crippen molar-refractivity contribution in [3.8, 4) is 0 Å². The van der Waals surface area contributed by atoms with Crippen LogP contribution in [0.15, 0.2) is 56.6 Å². The summed E-state index contributed by atoms with van der Waals surface area (Å²) < 4.78 is 33.0. The van der Waals surface area contributed by atoms with Crippen LogP contribution in [0.4, 0.5) is 0 Å². The SMILES string of the molecule is Cc1cc2oc(=O)cc(C[NH+]3CCN(S(=O)(=O)c4ccc(C(C)C)cc4)CC3)c2cc1Cl. The average molecular weight is 476 g/mol. The zero-order chi connectivity index (χ0) is 23.0. The Morgan fingerprint density at radius 1 is 1.09 bits per heavy atom. The zero-order valence-electron chi connectivity index (χ0n) is 18.5. The molecule has 0 radical (unpaired) electrons. The summed E-state index contributed by atoms with van der Waals surface area (Å²) >= 11 is 6.30. The fourth-order valence-electron chi connectivity index (χ4n) is 4.16. The van der Waals surface area contributed by atoms with E-state index < -0.39 is 10.0 Å². The van der Waals surface area contributed by atoms with E-state index in [1.165, 1.54) is 11.0 Å². The van der Waals surface area contributed by atoms with Crippen molar-refractivity contribution in [2.75, 3.05) is 26.2 Å². The van der Waals surface area contributed by atoms with Gasteiger partial charge in [0.25, 0.3) is 0 Å². The number of nitrogens with one attached hydrogen (secondary N) is 1. The third kappa shape index (κ3) is 4.62. The van der Waals surface area contributed by atoms with E-state index in [0.29, 0.717) is 54.1 Å². The second-order valence-electron chi connectivity index (χ2n) is 8.74. The Morgan fingerprint density at radius 2 is 1.75 bits per heavy atom. The summed E-state index contributed by atoms with van der Waals surface area (Å²) in [7, 11) is -3.51. The standard InChI is InChI=1S/C24H27ClN2O4S/c1-16(2)18-4-6-20(7-5-18)32(29,30)27-10-8-26(9-11-27)15-19-13-24(28)31-23-12-17(3)22(25)14-21(19)23/h4-7,12-14,16H,8-11,15H2,1-3H3/p+1. The maximum Gasteiger partial charge on any atom is 0.336 e. The molecule has 170 valence electrons. The molecular formula is C24H28ClN2O4S+. The van der Waals surface area contributed by atoms with Gasteiger partial charge in [0.15, 0.2) is 0 Å². The van der Waals surface area contributed by atoms with Crippen molar-refractivity contribution in [1.29, 1.82) is 0 Å². The molecular weight excluding hydrogens is 448 g/mol. The van der Waals surface area contributed by atoms with E-state index in [2.05, 4.69) is 13.8 Å². The minimum atomic E-state index is -3.51. The number of hydrogen-bond acceptors (Lipinski definition) is 4. The van der Waals surface area contributed by atoms with E-state index in [-0.39, 0.29) is 5.63 Å². The van der Waals surface area contributed by atoms with Crippen molar-refractivity contribution in [3.05, 3.63) is 74.6 Å². The Labute approximate surface area is 193 Å². The van der Waals surface area contributed by atoms with Crippen LogP contribution < -0.4 is 10.5 Å². The Hall–Kier alpha value is -2.19. The minimum absolute atomic E-state index is 0.335. The number of quaternary nitrogens is 1. The molecule has 0 unspecified atom stereocenters. The first-order valence-electron chi connectivity index (χ1n) is 10.8. The van der Waals surface area contributed by atoms with Gasteiger partial charge in [-0.3, -0.25) is 0 Å². The molecule has 0 saturated carbocycles. The highest BCUT2D eigenvalue weighted by Gasteiger charge is 2.30. The van der Waals surface area contributed by atoms with Gasteiger partial charge in [0.05, 0.1) is 31.1 Å². The van der Waals surface area contributed by atoms with Gasteiger partial charge in [-0.2, -0.15) is 4.31 Å². The van der Waals surface area contributed by atoms with Gasteiger partial charge in [-0.05, 0) is 48.2 Å². The molecule has 3 aromatic rings. The van der Waals surface area contributed by atoms with Gasteiger partial charge >= 0.3 is 5.63 Å². The van der Waals surface area contributed by atoms with Crippen LogP contribution >= 0.6 is 11.6 Å². The van der Waals surface area contributed by atoms with Crippen molar-refractivity contribution in [3.63, 3.8) is 0 Å². The number of nitrogens with zero attached hydrogens (tertiary/aromatic N) is 1. The number of rotatable bonds is 5. The van der Waals surface area contributed by atoms with E-state index in [9.17, 15) is 13.2 Å². The highest BCUT2D eigenvalue weighted by atomic mass is 35.5. The van der Waals surface area contributed by atoms with Crippen molar-refractivity contribution < 1.29 is 17.7 Å². The Bertz CT molecular complexity index is 1290. The van der Waals surface area contributed by atoms with E-state index in [1.54, 1.807) is 22.5 Å². The first kappa shape index (κ1) is 23.0. The molecule has 1 aliphatic rings. The second-order valence-corrected chi connectivity index (χ2v) is 11.1. The van der Waals surface area contributed by atoms with Crippen LogP contribution in [0, 0.1) is 6.92 Å². The molecule has 2 aromatic carbocycles. The lowest BCUT2D eigenvalue weighted by Gasteiger charge is -2.31. The first-order valence-corrected chi connectivity index (χ1v) is 12.6. The molecule has 0 aliphatic carbocycles. The summed E-state index contributed by atoms with van der Waals surface area (Å²) in [5.74, 6) is 0.356. The first-order chi connectivity index (χ1) is 15.1. The molecule has 32 heavy (non-hydrogen) atoms. The number of sulfonamides is 1. The number of benzene rings is 2. The van der Waals surface area contributed by atoms with E-state index in [1.807, 2.05) is 25.1 Å². The van der Waals surface area contributed by atoms with Gasteiger partial charge in [-0.25, -0.2) is 13.2 Å². The number of piperazine rings is 1. The number of fused-ring (bicyclic) bond motifs is 1. The number of hydrogen-bond donors (Lipinski definition) is 1. The van der Waals surface area contributed by atoms with Crippen LogP contribution in [0.3, 0.4) is 0 Å². The molecule has 0 atom stereocenters. The molecule has 1 saturated heterocycles. The third-order valence-electron chi connectivity index (χ3n) is 6.16. The second kappa shape index (κ2) is 8.98. The summed E-state index contributed by atoms with van der Waals surface area (Å²) in [6, 6.07) is 12.3. The van der Waals surface area contributed by atoms with E-state index >= 15 is 0 Å². The van der Waals surface area contributed by atoms with Crippen molar-refractivity contribution in [2.45, 2.75) is 38.1 Å². The zero-order valence-corrected chi connectivity index (χ0v) is 20.1. The molecule has 6 nitrogen and oxygen atoms in total. The minimum Gasteiger partial charge on any atom is -0.423 e. The maximum atomic E-state index is 13.1. The van der Waals surface area contributed by atoms with Crippen LogP contribution in [-0.2, 0) is 16.6 Å². The molecule has 8 heteroatoms. The van der Waals surface area contributed by atoms with Gasteiger partial charge in [0.2, 0.25) is 10.0 Å². The predicted molar refractivity (Wildman–Crippen MR) is 126 cm³/mol. The van der Waals surface area contributed by atoms with Crippen LogP contribution in [0.1, 0.15) is 36.5 Å². The molecule has 4 rings (SSSR count). The lowest BCUT2D eigenvalue weighted by atomic mass is 10.0. The van der Waals surface area contributed by atoms with Crippen molar-refractivity contribution >= 4 is 32.6 Å². The Kier molecular flexibility index (Phi) is 6.45. The summed E-state index contributed by atoms with van der Waals surface area (Å²) in [5.41, 5.74) is 2.98. The van der Waals surface area contributed by atoms with E-state index in [4.69, 9.17) is 16.0 Å². The number of aryl methyl sites for hydroxylation is 1. The smallest absolute Gasteiger partial charge is 0.336 e. The van der Waals surface area contributed by atoms with Crippen molar-refractivity contribution in [1.82, 2.24) is 4.31 Å². The Balaban J connectivity index is 1.48. The quantitative estimate of drug-likeness (QED) is 0.576. The lowest BCUT2D eigenvalue weighted by molar-refractivity contribution is -0.917. The highest BCUT2D eigenvalue weighted by Crippen LogP contribution is 2.25. The monoisotopic (exact) mass is 475 g/mol. The summed E-state index contributed by atoms with van der Waals surface area (Å²) in [6.45, 7) is 8.83. The molecule has 1 aliphatic heterocycles. The van der Waals surface area contributed by atoms with Crippen LogP contribution in [0.5, 0.6) is 0 Å². The largest absolute Gasteiger partial charge is 0.423 e. The highest BCUT2D eigenvalue weighted by molar-refractivity contribution is 7.89. The molecule has 0 amide bonds. The maximum absolute atomic E-state index is 13.1. The van der Waals surface area contributed by atoms with Crippen molar-refractivity contribution in [2.24, 2.45) is 0 Å². The summed E-state index contributed by atoms with van der Waals surface area (Å²) in [4.78, 5) is 13.6. The molecule has 1 fully saturated rings. The van der Waals surface area contributed by atoms with Crippen LogP contribution in [0.2, 0.25) is 5.02 Å². The predicted octanol–water partition coefficient (Wildman–Crippen LogP) is 2.97. The fourth-order valence-corrected chi connectivity index (χ4v) is 5.76. The van der Waals surface area contributed by atoms with Crippen LogP contribution in [-0.4, -0.2) is 38.9 Å². The number of halogens is 1.